The quantitative estimate of drug-likeness (QED) is 0.735. The lowest BCUT2D eigenvalue weighted by Gasteiger charge is -2.22. The summed E-state index contributed by atoms with van der Waals surface area (Å²) in [6.07, 6.45) is 2.13. The zero-order chi connectivity index (χ0) is 13.4. The first-order valence-corrected chi connectivity index (χ1v) is 6.20. The molecule has 0 radical (unpaired) electrons. The van der Waals surface area contributed by atoms with Gasteiger partial charge >= 0.3 is 0 Å². The van der Waals surface area contributed by atoms with Gasteiger partial charge in [0.1, 0.15) is 0 Å². The standard InChI is InChI=1S/C15H13FN2O/c1-10-8-11-4-2-3-5-13(11)18(10)15(19)12-6-7-14(16)17-9-12/h2-7,9-10H,8H2,1H3. The van der Waals surface area contributed by atoms with Gasteiger partial charge in [0.25, 0.3) is 5.91 Å². The predicted octanol–water partition coefficient (Wildman–Crippen LogP) is 2.81. The van der Waals surface area contributed by atoms with Crippen molar-refractivity contribution in [3.8, 4) is 0 Å². The van der Waals surface area contributed by atoms with Gasteiger partial charge in [-0.15, -0.1) is 0 Å². The van der Waals surface area contributed by atoms with Crippen molar-refractivity contribution in [1.29, 1.82) is 0 Å². The van der Waals surface area contributed by atoms with Gasteiger partial charge in [0, 0.05) is 17.9 Å². The van der Waals surface area contributed by atoms with Gasteiger partial charge < -0.3 is 4.90 Å². The number of amides is 1. The molecule has 1 atom stereocenters. The van der Waals surface area contributed by atoms with Gasteiger partial charge in [-0.2, -0.15) is 4.39 Å². The number of benzene rings is 1. The van der Waals surface area contributed by atoms with E-state index in [2.05, 4.69) is 4.98 Å². The first-order chi connectivity index (χ1) is 9.16. The van der Waals surface area contributed by atoms with Gasteiger partial charge in [-0.3, -0.25) is 4.79 Å². The van der Waals surface area contributed by atoms with E-state index < -0.39 is 5.95 Å². The number of carbonyl (C=O) groups is 1. The SMILES string of the molecule is CC1Cc2ccccc2N1C(=O)c1ccc(F)nc1. The van der Waals surface area contributed by atoms with Gasteiger partial charge in [0.05, 0.1) is 5.56 Å². The third kappa shape index (κ3) is 1.99. The minimum Gasteiger partial charge on any atom is -0.305 e. The van der Waals surface area contributed by atoms with E-state index in [-0.39, 0.29) is 11.9 Å². The summed E-state index contributed by atoms with van der Waals surface area (Å²) in [6.45, 7) is 2.01. The van der Waals surface area contributed by atoms with Crippen molar-refractivity contribution in [3.05, 3.63) is 59.7 Å². The van der Waals surface area contributed by atoms with Crippen molar-refractivity contribution < 1.29 is 9.18 Å². The third-order valence-corrected chi connectivity index (χ3v) is 3.40. The van der Waals surface area contributed by atoms with Crippen LogP contribution in [0.5, 0.6) is 0 Å². The third-order valence-electron chi connectivity index (χ3n) is 3.40. The fourth-order valence-corrected chi connectivity index (χ4v) is 2.52. The lowest BCUT2D eigenvalue weighted by atomic mass is 10.1. The van der Waals surface area contributed by atoms with Crippen molar-refractivity contribution in [3.63, 3.8) is 0 Å². The van der Waals surface area contributed by atoms with Crippen LogP contribution in [0, 0.1) is 5.95 Å². The molecule has 1 aromatic carbocycles. The van der Waals surface area contributed by atoms with Crippen LogP contribution in [0.2, 0.25) is 0 Å². The van der Waals surface area contributed by atoms with E-state index in [1.54, 1.807) is 4.90 Å². The molecule has 1 amide bonds. The second-order valence-corrected chi connectivity index (χ2v) is 4.73. The number of carbonyl (C=O) groups excluding carboxylic acids is 1. The van der Waals surface area contributed by atoms with Crippen LogP contribution in [0.15, 0.2) is 42.6 Å². The van der Waals surface area contributed by atoms with Crippen LogP contribution in [0.3, 0.4) is 0 Å². The second-order valence-electron chi connectivity index (χ2n) is 4.73. The molecule has 1 aliphatic rings. The average Bonchev–Trinajstić information content (AvgIpc) is 2.74. The molecular formula is C15H13FN2O. The maximum atomic E-state index is 12.8. The monoisotopic (exact) mass is 256 g/mol. The Labute approximate surface area is 110 Å². The predicted molar refractivity (Wildman–Crippen MR) is 70.6 cm³/mol. The molecule has 4 heteroatoms. The Balaban J connectivity index is 1.98. The highest BCUT2D eigenvalue weighted by Gasteiger charge is 2.31. The van der Waals surface area contributed by atoms with Crippen LogP contribution in [0.4, 0.5) is 10.1 Å². The first-order valence-electron chi connectivity index (χ1n) is 6.20. The molecular weight excluding hydrogens is 243 g/mol. The Morgan fingerprint density at radius 3 is 2.84 bits per heavy atom. The molecule has 1 aromatic heterocycles. The summed E-state index contributed by atoms with van der Waals surface area (Å²) in [5.41, 5.74) is 2.51. The molecule has 3 rings (SSSR count). The number of hydrogen-bond donors (Lipinski definition) is 0. The lowest BCUT2D eigenvalue weighted by Crippen LogP contribution is -2.35. The zero-order valence-corrected chi connectivity index (χ0v) is 10.5. The summed E-state index contributed by atoms with van der Waals surface area (Å²) in [7, 11) is 0. The number of anilines is 1. The summed E-state index contributed by atoms with van der Waals surface area (Å²) in [4.78, 5) is 17.8. The van der Waals surface area contributed by atoms with Crippen LogP contribution in [0.25, 0.3) is 0 Å². The van der Waals surface area contributed by atoms with Gasteiger partial charge in [-0.1, -0.05) is 18.2 Å². The molecule has 1 aliphatic heterocycles. The summed E-state index contributed by atoms with van der Waals surface area (Å²) >= 11 is 0. The summed E-state index contributed by atoms with van der Waals surface area (Å²) in [5.74, 6) is -0.712. The number of aromatic nitrogens is 1. The zero-order valence-electron chi connectivity index (χ0n) is 10.5. The maximum absolute atomic E-state index is 12.8. The summed E-state index contributed by atoms with van der Waals surface area (Å²) in [6, 6.07) is 10.6. The molecule has 0 saturated carbocycles. The van der Waals surface area contributed by atoms with Gasteiger partial charge in [0.2, 0.25) is 5.95 Å². The van der Waals surface area contributed by atoms with Gasteiger partial charge in [-0.05, 0) is 37.1 Å². The molecule has 0 saturated heterocycles. The Hall–Kier alpha value is -2.23. The van der Waals surface area contributed by atoms with Crippen LogP contribution in [-0.2, 0) is 6.42 Å². The number of para-hydroxylation sites is 1. The first kappa shape index (κ1) is 11.8. The number of nitrogens with zero attached hydrogens (tertiary/aromatic N) is 2. The number of fused-ring (bicyclic) bond motifs is 1. The van der Waals surface area contributed by atoms with E-state index in [9.17, 15) is 9.18 Å². The topological polar surface area (TPSA) is 33.2 Å². The Bertz CT molecular complexity index is 624. The molecule has 96 valence electrons. The lowest BCUT2D eigenvalue weighted by molar-refractivity contribution is 0.0981. The molecule has 0 fully saturated rings. The van der Waals surface area contributed by atoms with E-state index in [0.29, 0.717) is 5.56 Å². The van der Waals surface area contributed by atoms with Gasteiger partial charge in [-0.25, -0.2) is 4.98 Å². The number of pyridine rings is 1. The minimum absolute atomic E-state index is 0.106. The van der Waals surface area contributed by atoms with Crippen molar-refractivity contribution >= 4 is 11.6 Å². The van der Waals surface area contributed by atoms with E-state index in [1.165, 1.54) is 23.9 Å². The highest BCUT2D eigenvalue weighted by atomic mass is 19.1. The van der Waals surface area contributed by atoms with Crippen LogP contribution >= 0.6 is 0 Å². The van der Waals surface area contributed by atoms with Crippen LogP contribution < -0.4 is 4.90 Å². The van der Waals surface area contributed by atoms with E-state index in [0.717, 1.165) is 12.1 Å². The normalized spacial score (nSPS) is 17.4. The highest BCUT2D eigenvalue weighted by Crippen LogP contribution is 2.32. The fourth-order valence-electron chi connectivity index (χ4n) is 2.52. The Kier molecular flexibility index (Phi) is 2.78. The van der Waals surface area contributed by atoms with E-state index in [1.807, 2.05) is 31.2 Å². The number of rotatable bonds is 1. The molecule has 0 spiro atoms. The molecule has 2 aromatic rings. The fraction of sp³-hybridized carbons (Fsp3) is 0.200. The maximum Gasteiger partial charge on any atom is 0.260 e. The number of hydrogen-bond acceptors (Lipinski definition) is 2. The Morgan fingerprint density at radius 2 is 2.11 bits per heavy atom. The van der Waals surface area contributed by atoms with E-state index >= 15 is 0 Å². The summed E-state index contributed by atoms with van der Waals surface area (Å²) in [5, 5.41) is 0. The molecule has 0 aliphatic carbocycles. The van der Waals surface area contributed by atoms with Crippen LogP contribution in [0.1, 0.15) is 22.8 Å². The van der Waals surface area contributed by atoms with Crippen molar-refractivity contribution in [2.75, 3.05) is 4.90 Å². The smallest absolute Gasteiger partial charge is 0.260 e. The molecule has 0 N–H and O–H groups in total. The average molecular weight is 256 g/mol. The molecule has 19 heavy (non-hydrogen) atoms. The van der Waals surface area contributed by atoms with Crippen molar-refractivity contribution in [1.82, 2.24) is 4.98 Å². The largest absolute Gasteiger partial charge is 0.305 e. The van der Waals surface area contributed by atoms with Crippen molar-refractivity contribution in [2.24, 2.45) is 0 Å². The molecule has 0 bridgehead atoms. The second kappa shape index (κ2) is 4.46. The number of halogens is 1. The molecule has 2 heterocycles. The van der Waals surface area contributed by atoms with Crippen LogP contribution in [-0.4, -0.2) is 16.9 Å². The van der Waals surface area contributed by atoms with E-state index in [4.69, 9.17) is 0 Å². The Morgan fingerprint density at radius 1 is 1.32 bits per heavy atom. The van der Waals surface area contributed by atoms with Gasteiger partial charge in [0.15, 0.2) is 0 Å². The molecule has 3 nitrogen and oxygen atoms in total. The van der Waals surface area contributed by atoms with Crippen molar-refractivity contribution in [2.45, 2.75) is 19.4 Å². The molecule has 1 unspecified atom stereocenters. The minimum atomic E-state index is -0.577. The summed E-state index contributed by atoms with van der Waals surface area (Å²) < 4.78 is 12.8. The highest BCUT2D eigenvalue weighted by molar-refractivity contribution is 6.07.